The third kappa shape index (κ3) is 3.74. The Kier molecular flexibility index (Phi) is 5.59. The molecular weight excluding hydrogens is 268 g/mol. The second kappa shape index (κ2) is 7.66. The molecule has 0 saturated heterocycles. The standard InChI is InChI=1S/C14H22N6O/c1-3-5-7-9-13-12(8-6-4-2)16-18-20(13)14(21)19-11-10-15-17-19/h10-11H,3-9H2,1-2H3. The summed E-state index contributed by atoms with van der Waals surface area (Å²) in [6.07, 6.45) is 10.1. The van der Waals surface area contributed by atoms with Crippen LogP contribution in [0.3, 0.4) is 0 Å². The first-order valence-electron chi connectivity index (χ1n) is 7.62. The lowest BCUT2D eigenvalue weighted by Gasteiger charge is -2.06. The third-order valence-corrected chi connectivity index (χ3v) is 3.43. The average molecular weight is 290 g/mol. The van der Waals surface area contributed by atoms with Crippen LogP contribution in [0.5, 0.6) is 0 Å². The molecule has 2 rings (SSSR count). The van der Waals surface area contributed by atoms with Gasteiger partial charge in [0, 0.05) is 0 Å². The molecule has 0 bridgehead atoms. The van der Waals surface area contributed by atoms with E-state index in [1.807, 2.05) is 0 Å². The molecule has 0 aromatic carbocycles. The van der Waals surface area contributed by atoms with Crippen LogP contribution in [0.2, 0.25) is 0 Å². The predicted molar refractivity (Wildman–Crippen MR) is 78.1 cm³/mol. The molecule has 0 fully saturated rings. The molecule has 2 aromatic rings. The van der Waals surface area contributed by atoms with Gasteiger partial charge in [-0.3, -0.25) is 0 Å². The van der Waals surface area contributed by atoms with E-state index >= 15 is 0 Å². The van der Waals surface area contributed by atoms with E-state index in [1.165, 1.54) is 21.8 Å². The van der Waals surface area contributed by atoms with Crippen molar-refractivity contribution in [3.8, 4) is 0 Å². The number of aryl methyl sites for hydroxylation is 1. The molecule has 2 heterocycles. The number of carbonyl (C=O) groups is 1. The summed E-state index contributed by atoms with van der Waals surface area (Å²) in [7, 11) is 0. The maximum absolute atomic E-state index is 12.4. The van der Waals surface area contributed by atoms with E-state index < -0.39 is 0 Å². The van der Waals surface area contributed by atoms with Crippen LogP contribution < -0.4 is 0 Å². The molecule has 7 heteroatoms. The third-order valence-electron chi connectivity index (χ3n) is 3.43. The molecule has 7 nitrogen and oxygen atoms in total. The number of nitrogens with zero attached hydrogens (tertiary/aromatic N) is 6. The zero-order valence-corrected chi connectivity index (χ0v) is 12.7. The van der Waals surface area contributed by atoms with E-state index in [1.54, 1.807) is 0 Å². The minimum absolute atomic E-state index is 0.325. The Bertz CT molecular complexity index is 560. The lowest BCUT2D eigenvalue weighted by atomic mass is 10.1. The summed E-state index contributed by atoms with van der Waals surface area (Å²) in [5, 5.41) is 15.6. The first-order chi connectivity index (χ1) is 10.3. The first kappa shape index (κ1) is 15.3. The molecule has 2 aromatic heterocycles. The molecular formula is C14H22N6O. The van der Waals surface area contributed by atoms with Gasteiger partial charge in [0.2, 0.25) is 0 Å². The highest BCUT2D eigenvalue weighted by Gasteiger charge is 2.19. The Hall–Kier alpha value is -2.05. The van der Waals surface area contributed by atoms with Gasteiger partial charge in [0.05, 0.1) is 23.8 Å². The van der Waals surface area contributed by atoms with Crippen molar-refractivity contribution in [2.45, 2.75) is 58.8 Å². The monoisotopic (exact) mass is 290 g/mol. The van der Waals surface area contributed by atoms with Gasteiger partial charge < -0.3 is 0 Å². The topological polar surface area (TPSA) is 78.5 Å². The van der Waals surface area contributed by atoms with E-state index in [9.17, 15) is 4.79 Å². The fourth-order valence-corrected chi connectivity index (χ4v) is 2.22. The van der Waals surface area contributed by atoms with E-state index in [-0.39, 0.29) is 6.03 Å². The van der Waals surface area contributed by atoms with Crippen LogP contribution in [0.15, 0.2) is 12.4 Å². The van der Waals surface area contributed by atoms with Gasteiger partial charge in [-0.1, -0.05) is 43.5 Å². The van der Waals surface area contributed by atoms with Crippen molar-refractivity contribution >= 4 is 6.03 Å². The Morgan fingerprint density at radius 2 is 1.90 bits per heavy atom. The minimum Gasteiger partial charge on any atom is -0.243 e. The maximum atomic E-state index is 12.4. The van der Waals surface area contributed by atoms with Crippen molar-refractivity contribution in [2.24, 2.45) is 0 Å². The van der Waals surface area contributed by atoms with Crippen molar-refractivity contribution in [3.63, 3.8) is 0 Å². The molecule has 0 aliphatic heterocycles. The molecule has 0 radical (unpaired) electrons. The average Bonchev–Trinajstić information content (AvgIpc) is 3.15. The summed E-state index contributed by atoms with van der Waals surface area (Å²) >= 11 is 0. The maximum Gasteiger partial charge on any atom is 0.372 e. The Morgan fingerprint density at radius 3 is 2.57 bits per heavy atom. The summed E-state index contributed by atoms with van der Waals surface area (Å²) in [4.78, 5) is 12.4. The molecule has 0 N–H and O–H groups in total. The van der Waals surface area contributed by atoms with Gasteiger partial charge in [0.15, 0.2) is 0 Å². The van der Waals surface area contributed by atoms with Crippen LogP contribution in [0.1, 0.15) is 57.3 Å². The second-order valence-electron chi connectivity index (χ2n) is 5.09. The first-order valence-corrected chi connectivity index (χ1v) is 7.62. The van der Waals surface area contributed by atoms with Gasteiger partial charge in [-0.15, -0.1) is 10.2 Å². The molecule has 0 saturated carbocycles. The summed E-state index contributed by atoms with van der Waals surface area (Å²) in [5.74, 6) is 0. The van der Waals surface area contributed by atoms with Crippen LogP contribution in [-0.4, -0.2) is 36.0 Å². The largest absolute Gasteiger partial charge is 0.372 e. The molecule has 0 aliphatic rings. The lowest BCUT2D eigenvalue weighted by Crippen LogP contribution is -2.23. The van der Waals surface area contributed by atoms with E-state index in [0.29, 0.717) is 0 Å². The molecule has 0 aliphatic carbocycles. The summed E-state index contributed by atoms with van der Waals surface area (Å²) in [5.41, 5.74) is 1.85. The summed E-state index contributed by atoms with van der Waals surface area (Å²) in [6, 6.07) is -0.325. The predicted octanol–water partition coefficient (Wildman–Crippen LogP) is 2.46. The van der Waals surface area contributed by atoms with Gasteiger partial charge in [-0.25, -0.2) is 4.79 Å². The molecule has 0 unspecified atom stereocenters. The van der Waals surface area contributed by atoms with Crippen LogP contribution in [0.4, 0.5) is 4.79 Å². The van der Waals surface area contributed by atoms with E-state index in [0.717, 1.165) is 56.3 Å². The summed E-state index contributed by atoms with van der Waals surface area (Å²) in [6.45, 7) is 4.30. The fourth-order valence-electron chi connectivity index (χ4n) is 2.22. The number of aromatic nitrogens is 6. The zero-order chi connectivity index (χ0) is 15.1. The van der Waals surface area contributed by atoms with Crippen molar-refractivity contribution < 1.29 is 4.79 Å². The number of rotatable bonds is 7. The van der Waals surface area contributed by atoms with Crippen LogP contribution >= 0.6 is 0 Å². The highest BCUT2D eigenvalue weighted by atomic mass is 16.2. The lowest BCUT2D eigenvalue weighted by molar-refractivity contribution is 0.236. The highest BCUT2D eigenvalue weighted by Crippen LogP contribution is 2.13. The van der Waals surface area contributed by atoms with Gasteiger partial charge in [0.1, 0.15) is 0 Å². The molecule has 21 heavy (non-hydrogen) atoms. The van der Waals surface area contributed by atoms with Crippen LogP contribution in [-0.2, 0) is 12.8 Å². The van der Waals surface area contributed by atoms with Gasteiger partial charge >= 0.3 is 6.03 Å². The molecule has 0 amide bonds. The van der Waals surface area contributed by atoms with Gasteiger partial charge in [0.25, 0.3) is 0 Å². The molecule has 0 atom stereocenters. The van der Waals surface area contributed by atoms with Crippen LogP contribution in [0, 0.1) is 0 Å². The normalized spacial score (nSPS) is 11.0. The molecule has 114 valence electrons. The van der Waals surface area contributed by atoms with E-state index in [2.05, 4.69) is 34.5 Å². The Balaban J connectivity index is 2.22. The Morgan fingerprint density at radius 1 is 1.10 bits per heavy atom. The Labute approximate surface area is 124 Å². The quantitative estimate of drug-likeness (QED) is 0.732. The zero-order valence-electron chi connectivity index (χ0n) is 12.7. The SMILES string of the molecule is CCCCCc1c(CCCC)nnn1C(=O)n1ccnn1. The summed E-state index contributed by atoms with van der Waals surface area (Å²) < 4.78 is 2.55. The van der Waals surface area contributed by atoms with Gasteiger partial charge in [-0.2, -0.15) is 9.36 Å². The number of hydrogen-bond acceptors (Lipinski definition) is 5. The molecule has 0 spiro atoms. The minimum atomic E-state index is -0.325. The second-order valence-corrected chi connectivity index (χ2v) is 5.09. The van der Waals surface area contributed by atoms with E-state index in [4.69, 9.17) is 0 Å². The van der Waals surface area contributed by atoms with Crippen molar-refractivity contribution in [2.75, 3.05) is 0 Å². The smallest absolute Gasteiger partial charge is 0.243 e. The number of hydrogen-bond donors (Lipinski definition) is 0. The van der Waals surface area contributed by atoms with Gasteiger partial charge in [-0.05, 0) is 25.7 Å². The van der Waals surface area contributed by atoms with Crippen molar-refractivity contribution in [3.05, 3.63) is 23.8 Å². The van der Waals surface area contributed by atoms with Crippen molar-refractivity contribution in [1.82, 2.24) is 30.0 Å². The highest BCUT2D eigenvalue weighted by molar-refractivity contribution is 5.77. The van der Waals surface area contributed by atoms with Crippen molar-refractivity contribution in [1.29, 1.82) is 0 Å². The fraction of sp³-hybridized carbons (Fsp3) is 0.643. The van der Waals surface area contributed by atoms with Crippen LogP contribution in [0.25, 0.3) is 0 Å². The number of unbranched alkanes of at least 4 members (excludes halogenated alkanes) is 3. The number of carbonyl (C=O) groups excluding carboxylic acids is 1.